The summed E-state index contributed by atoms with van der Waals surface area (Å²) < 4.78 is 23.0. The van der Waals surface area contributed by atoms with Crippen LogP contribution in [0.5, 0.6) is 0 Å². The summed E-state index contributed by atoms with van der Waals surface area (Å²) in [5.41, 5.74) is 0. The van der Waals surface area contributed by atoms with Crippen molar-refractivity contribution in [2.24, 2.45) is 0 Å². The standard InChI is InChI=1S/C86H145NO8/c1-6-8-10-12-14-16-18-20-22-24-26-28-30-32-34-36-38-40-41-42-43-45-47-49-51-53-55-57-59-61-63-65-67-69-71-73-75-77-84(89)95-82(81-94-86(85(90)91)92-79-78-87(3,4)5)80-93-83(88)76-74-72-70-68-66-64-62-60-58-56-54-52-50-48-46-44-39-37-35-33-31-29-27-25-23-21-19-17-15-13-11-9-7-2/h8-11,14-17,20-23,26-29,32-35,38-40,44,82,86H,6-7,12-13,18-19,24-25,30-31,36-37,41-43,45-81H2,1-5H3/p+1/b10-8-,11-9-,16-14-,17-15-,22-20-,23-21-,28-26-,29-27-,34-32-,35-33-,40-38-,44-39-. The van der Waals surface area contributed by atoms with Gasteiger partial charge in [0.25, 0.3) is 6.29 Å². The van der Waals surface area contributed by atoms with E-state index in [1.807, 2.05) is 21.1 Å². The maximum Gasteiger partial charge on any atom is 0.361 e. The van der Waals surface area contributed by atoms with Crippen molar-refractivity contribution in [1.29, 1.82) is 0 Å². The Hall–Kier alpha value is -4.83. The molecule has 0 heterocycles. The van der Waals surface area contributed by atoms with Crippen molar-refractivity contribution in [2.45, 2.75) is 334 Å². The van der Waals surface area contributed by atoms with Gasteiger partial charge in [-0.15, -0.1) is 0 Å². The maximum atomic E-state index is 13.0. The van der Waals surface area contributed by atoms with Crippen molar-refractivity contribution >= 4 is 17.9 Å². The number of esters is 2. The average Bonchev–Trinajstić information content (AvgIpc) is 3.75. The van der Waals surface area contributed by atoms with Crippen molar-refractivity contribution < 1.29 is 42.9 Å². The van der Waals surface area contributed by atoms with Crippen LogP contribution in [0.4, 0.5) is 0 Å². The number of rotatable bonds is 71. The predicted molar refractivity (Wildman–Crippen MR) is 410 cm³/mol. The Balaban J connectivity index is 4.06. The number of carboxylic acid groups (broad SMARTS) is 1. The van der Waals surface area contributed by atoms with E-state index in [0.717, 1.165) is 116 Å². The Morgan fingerprint density at radius 2 is 0.568 bits per heavy atom. The summed E-state index contributed by atoms with van der Waals surface area (Å²) in [7, 11) is 5.98. The van der Waals surface area contributed by atoms with Crippen molar-refractivity contribution in [3.05, 3.63) is 146 Å². The molecule has 0 saturated carbocycles. The van der Waals surface area contributed by atoms with Gasteiger partial charge in [-0.3, -0.25) is 9.59 Å². The van der Waals surface area contributed by atoms with Crippen LogP contribution in [-0.2, 0) is 33.3 Å². The van der Waals surface area contributed by atoms with E-state index in [1.54, 1.807) is 0 Å². The number of aliphatic carboxylic acids is 1. The van der Waals surface area contributed by atoms with E-state index in [9.17, 15) is 19.5 Å². The number of unbranched alkanes of at least 4 members (excludes halogenated alkanes) is 32. The minimum atomic E-state index is -1.52. The monoisotopic (exact) mass is 1320 g/mol. The van der Waals surface area contributed by atoms with Gasteiger partial charge in [-0.2, -0.15) is 0 Å². The van der Waals surface area contributed by atoms with E-state index in [1.165, 1.54) is 180 Å². The molecule has 1 N–H and O–H groups in total. The third kappa shape index (κ3) is 76.4. The van der Waals surface area contributed by atoms with Crippen LogP contribution in [0.3, 0.4) is 0 Å². The molecule has 0 aromatic carbocycles. The van der Waals surface area contributed by atoms with Crippen LogP contribution in [0.2, 0.25) is 0 Å². The number of carbonyl (C=O) groups is 3. The number of ether oxygens (including phenoxy) is 4. The summed E-state index contributed by atoms with van der Waals surface area (Å²) in [6.45, 7) is 4.67. The largest absolute Gasteiger partial charge is 0.477 e. The van der Waals surface area contributed by atoms with Gasteiger partial charge in [0, 0.05) is 12.8 Å². The fraction of sp³-hybridized carbons (Fsp3) is 0.686. The summed E-state index contributed by atoms with van der Waals surface area (Å²) in [6, 6.07) is 0. The lowest BCUT2D eigenvalue weighted by Crippen LogP contribution is -2.40. The second-order valence-corrected chi connectivity index (χ2v) is 26.9. The van der Waals surface area contributed by atoms with Crippen LogP contribution >= 0.6 is 0 Å². The molecule has 0 spiro atoms. The number of hydrogen-bond acceptors (Lipinski definition) is 7. The number of allylic oxidation sites excluding steroid dienone is 24. The fourth-order valence-electron chi connectivity index (χ4n) is 10.7. The molecule has 0 bridgehead atoms. The zero-order valence-corrected chi connectivity index (χ0v) is 62.0. The van der Waals surface area contributed by atoms with E-state index >= 15 is 0 Å². The van der Waals surface area contributed by atoms with Gasteiger partial charge in [0.2, 0.25) is 0 Å². The minimum absolute atomic E-state index is 0.184. The molecule has 0 radical (unpaired) electrons. The van der Waals surface area contributed by atoms with E-state index in [-0.39, 0.29) is 32.2 Å². The summed E-state index contributed by atoms with van der Waals surface area (Å²) in [5, 5.41) is 9.77. The first-order valence-corrected chi connectivity index (χ1v) is 39.0. The zero-order valence-electron chi connectivity index (χ0n) is 62.0. The Morgan fingerprint density at radius 1 is 0.316 bits per heavy atom. The van der Waals surface area contributed by atoms with Gasteiger partial charge in [-0.05, 0) is 116 Å². The van der Waals surface area contributed by atoms with Gasteiger partial charge in [0.15, 0.2) is 6.10 Å². The minimum Gasteiger partial charge on any atom is -0.477 e. The lowest BCUT2D eigenvalue weighted by Gasteiger charge is -2.25. The molecule has 0 aliphatic rings. The fourth-order valence-corrected chi connectivity index (χ4v) is 10.7. The Kier molecular flexibility index (Phi) is 71.1. The highest BCUT2D eigenvalue weighted by atomic mass is 16.7. The summed E-state index contributed by atoms with van der Waals surface area (Å²) in [4.78, 5) is 37.7. The van der Waals surface area contributed by atoms with Crippen molar-refractivity contribution in [3.63, 3.8) is 0 Å². The molecule has 0 rings (SSSR count). The van der Waals surface area contributed by atoms with Crippen molar-refractivity contribution in [1.82, 2.24) is 0 Å². The first kappa shape index (κ1) is 90.2. The van der Waals surface area contributed by atoms with E-state index < -0.39 is 24.3 Å². The van der Waals surface area contributed by atoms with E-state index in [2.05, 4.69) is 160 Å². The molecule has 0 aromatic heterocycles. The van der Waals surface area contributed by atoms with Crippen molar-refractivity contribution in [2.75, 3.05) is 47.5 Å². The topological polar surface area (TPSA) is 108 Å². The number of carbonyl (C=O) groups excluding carboxylic acids is 2. The second kappa shape index (κ2) is 75.0. The molecule has 0 fully saturated rings. The molecule has 9 nitrogen and oxygen atoms in total. The van der Waals surface area contributed by atoms with Crippen LogP contribution in [0, 0.1) is 0 Å². The molecule has 2 atom stereocenters. The SMILES string of the molecule is CC/C=C\C/C=C\C/C=C\C/C=C\C/C=C\C/C=C\CCCCCCCCCCCCCCCCCCCCC(=O)OC(COC(=O)CCCCCCCCCCCCCCCC/C=C\C/C=C\C/C=C\C/C=C\C/C=C\C/C=C\CC)COC(OCC[N+](C)(C)C)C(=O)O. The number of hydrogen-bond donors (Lipinski definition) is 1. The Bertz CT molecular complexity index is 2080. The third-order valence-electron chi connectivity index (χ3n) is 16.6. The Morgan fingerprint density at radius 3 is 0.842 bits per heavy atom. The van der Waals surface area contributed by atoms with Gasteiger partial charge < -0.3 is 28.5 Å². The van der Waals surface area contributed by atoms with Gasteiger partial charge >= 0.3 is 17.9 Å². The highest BCUT2D eigenvalue weighted by Crippen LogP contribution is 2.18. The molecule has 542 valence electrons. The number of nitrogens with zero attached hydrogens (tertiary/aromatic N) is 1. The lowest BCUT2D eigenvalue weighted by atomic mass is 10.0. The highest BCUT2D eigenvalue weighted by molar-refractivity contribution is 5.71. The summed E-state index contributed by atoms with van der Waals surface area (Å²) in [5.74, 6) is -2.00. The van der Waals surface area contributed by atoms with Crippen LogP contribution in [0.25, 0.3) is 0 Å². The first-order valence-electron chi connectivity index (χ1n) is 39.0. The molecule has 95 heavy (non-hydrogen) atoms. The zero-order chi connectivity index (χ0) is 69.0. The van der Waals surface area contributed by atoms with E-state index in [0.29, 0.717) is 17.4 Å². The summed E-state index contributed by atoms with van der Waals surface area (Å²) >= 11 is 0. The highest BCUT2D eigenvalue weighted by Gasteiger charge is 2.25. The first-order chi connectivity index (χ1) is 46.6. The third-order valence-corrected chi connectivity index (χ3v) is 16.6. The lowest BCUT2D eigenvalue weighted by molar-refractivity contribution is -0.870. The van der Waals surface area contributed by atoms with Crippen LogP contribution < -0.4 is 0 Å². The Labute approximate surface area is 585 Å². The van der Waals surface area contributed by atoms with Crippen molar-refractivity contribution in [3.8, 4) is 0 Å². The number of carboxylic acids is 1. The molecule has 9 heteroatoms. The number of likely N-dealkylation sites (N-methyl/N-ethyl adjacent to an activating group) is 1. The van der Waals surface area contributed by atoms with Gasteiger partial charge in [0.1, 0.15) is 13.2 Å². The van der Waals surface area contributed by atoms with Crippen LogP contribution in [0.15, 0.2) is 146 Å². The normalized spacial score (nSPS) is 13.5. The van der Waals surface area contributed by atoms with Gasteiger partial charge in [0.05, 0.1) is 34.4 Å². The van der Waals surface area contributed by atoms with Gasteiger partial charge in [-0.1, -0.05) is 339 Å². The molecule has 0 aromatic rings. The molecular weight excluding hydrogens is 1170 g/mol. The molecule has 0 saturated heterocycles. The molecule has 0 amide bonds. The van der Waals surface area contributed by atoms with E-state index in [4.69, 9.17) is 18.9 Å². The second-order valence-electron chi connectivity index (χ2n) is 26.9. The average molecular weight is 1320 g/mol. The smallest absolute Gasteiger partial charge is 0.361 e. The maximum absolute atomic E-state index is 13.0. The molecule has 2 unspecified atom stereocenters. The molecular formula is C86H146NO8+. The quantitative estimate of drug-likeness (QED) is 0.0211. The molecule has 0 aliphatic carbocycles. The molecule has 0 aliphatic heterocycles. The van der Waals surface area contributed by atoms with Crippen LogP contribution in [0.1, 0.15) is 322 Å². The number of quaternary nitrogens is 1. The van der Waals surface area contributed by atoms with Gasteiger partial charge in [-0.25, -0.2) is 4.79 Å². The summed E-state index contributed by atoms with van der Waals surface area (Å²) in [6.07, 6.45) is 107. The predicted octanol–water partition coefficient (Wildman–Crippen LogP) is 25.0. The van der Waals surface area contributed by atoms with Crippen LogP contribution in [-0.4, -0.2) is 87.4 Å².